The van der Waals surface area contributed by atoms with Crippen molar-refractivity contribution < 1.29 is 14.3 Å². The molecule has 0 radical (unpaired) electrons. The Morgan fingerprint density at radius 3 is 2.54 bits per heavy atom. The number of hydrogen-bond donors (Lipinski definition) is 1. The number of anilines is 2. The van der Waals surface area contributed by atoms with Gasteiger partial charge in [0, 0.05) is 12.7 Å². The lowest BCUT2D eigenvalue weighted by atomic mass is 10.1. The predicted octanol–water partition coefficient (Wildman–Crippen LogP) is 3.06. The largest absolute Gasteiger partial charge is 0.478 e. The molecule has 0 bridgehead atoms. The summed E-state index contributed by atoms with van der Waals surface area (Å²) < 4.78 is 5.72. The van der Waals surface area contributed by atoms with Crippen LogP contribution in [0.15, 0.2) is 42.5 Å². The molecule has 0 spiro atoms. The topological polar surface area (TPSA) is 58.6 Å². The average molecular weight is 324 g/mol. The van der Waals surface area contributed by atoms with Crippen LogP contribution in [0.1, 0.15) is 17.5 Å². The number of likely N-dealkylation sites (N-methyl/N-ethyl adjacent to an activating group) is 1. The Labute approximate surface area is 141 Å². The average Bonchev–Trinajstić information content (AvgIpc) is 2.51. The van der Waals surface area contributed by atoms with Gasteiger partial charge in [-0.2, -0.15) is 0 Å². The molecule has 1 aliphatic heterocycles. The van der Waals surface area contributed by atoms with E-state index >= 15 is 0 Å². The van der Waals surface area contributed by atoms with Gasteiger partial charge in [-0.05, 0) is 49.2 Å². The number of carbonyl (C=O) groups excluding carboxylic acids is 2. The Morgan fingerprint density at radius 1 is 1.17 bits per heavy atom. The normalized spacial score (nSPS) is 16.4. The van der Waals surface area contributed by atoms with Gasteiger partial charge in [-0.3, -0.25) is 9.59 Å². The zero-order chi connectivity index (χ0) is 17.3. The van der Waals surface area contributed by atoms with Crippen LogP contribution in [0, 0.1) is 13.8 Å². The van der Waals surface area contributed by atoms with Gasteiger partial charge >= 0.3 is 0 Å². The van der Waals surface area contributed by atoms with Crippen LogP contribution in [-0.2, 0) is 9.59 Å². The third kappa shape index (κ3) is 3.25. The molecule has 1 atom stereocenters. The summed E-state index contributed by atoms with van der Waals surface area (Å²) in [4.78, 5) is 26.2. The van der Waals surface area contributed by atoms with E-state index in [1.165, 1.54) is 4.90 Å². The van der Waals surface area contributed by atoms with Crippen molar-refractivity contribution in [2.45, 2.75) is 26.4 Å². The fourth-order valence-corrected chi connectivity index (χ4v) is 2.93. The number of hydrogen-bond acceptors (Lipinski definition) is 3. The van der Waals surface area contributed by atoms with Gasteiger partial charge in [-0.15, -0.1) is 0 Å². The van der Waals surface area contributed by atoms with E-state index in [0.29, 0.717) is 11.4 Å². The zero-order valence-corrected chi connectivity index (χ0v) is 14.0. The Bertz CT molecular complexity index is 781. The number of fused-ring (bicyclic) bond motifs is 1. The molecule has 2 aromatic rings. The van der Waals surface area contributed by atoms with Crippen LogP contribution in [-0.4, -0.2) is 25.0 Å². The highest BCUT2D eigenvalue weighted by atomic mass is 16.5. The van der Waals surface area contributed by atoms with Crippen LogP contribution >= 0.6 is 0 Å². The first-order valence-corrected chi connectivity index (χ1v) is 7.85. The maximum atomic E-state index is 12.4. The molecule has 0 aliphatic carbocycles. The Balaban J connectivity index is 1.72. The summed E-state index contributed by atoms with van der Waals surface area (Å²) in [5.41, 5.74) is 3.59. The van der Waals surface area contributed by atoms with Gasteiger partial charge in [0.2, 0.25) is 5.91 Å². The number of benzene rings is 2. The maximum Gasteiger partial charge on any atom is 0.268 e. The molecule has 0 fully saturated rings. The highest BCUT2D eigenvalue weighted by Crippen LogP contribution is 2.33. The van der Waals surface area contributed by atoms with Crippen LogP contribution in [0.25, 0.3) is 0 Å². The first kappa shape index (κ1) is 16.1. The second-order valence-electron chi connectivity index (χ2n) is 6.10. The molecule has 5 nitrogen and oxygen atoms in total. The van der Waals surface area contributed by atoms with E-state index in [9.17, 15) is 9.59 Å². The number of carbonyl (C=O) groups is 2. The quantitative estimate of drug-likeness (QED) is 0.944. The molecule has 2 amide bonds. The number of aryl methyl sites for hydroxylation is 2. The summed E-state index contributed by atoms with van der Waals surface area (Å²) in [6.45, 7) is 3.95. The molecule has 24 heavy (non-hydrogen) atoms. The Morgan fingerprint density at radius 2 is 1.83 bits per heavy atom. The minimum atomic E-state index is -0.809. The summed E-state index contributed by atoms with van der Waals surface area (Å²) in [6.07, 6.45) is -0.833. The van der Waals surface area contributed by atoms with Gasteiger partial charge in [0.05, 0.1) is 12.1 Å². The van der Waals surface area contributed by atoms with Crippen molar-refractivity contribution in [3.63, 3.8) is 0 Å². The zero-order valence-electron chi connectivity index (χ0n) is 14.0. The summed E-state index contributed by atoms with van der Waals surface area (Å²) >= 11 is 0. The van der Waals surface area contributed by atoms with Crippen molar-refractivity contribution in [3.05, 3.63) is 53.6 Å². The standard InChI is InChI=1S/C19H20N2O3/c1-12-8-13(2)10-14(9-12)20-18(22)11-17-19(23)21(3)15-6-4-5-7-16(15)24-17/h4-10,17H,11H2,1-3H3,(H,20,22). The van der Waals surface area contributed by atoms with Gasteiger partial charge in [-0.25, -0.2) is 0 Å². The molecule has 1 N–H and O–H groups in total. The monoisotopic (exact) mass is 324 g/mol. The molecule has 0 saturated carbocycles. The molecule has 1 aliphatic rings. The third-order valence-electron chi connectivity index (χ3n) is 3.98. The smallest absolute Gasteiger partial charge is 0.268 e. The van der Waals surface area contributed by atoms with Crippen molar-refractivity contribution in [2.75, 3.05) is 17.3 Å². The lowest BCUT2D eigenvalue weighted by molar-refractivity contribution is -0.130. The van der Waals surface area contributed by atoms with Gasteiger partial charge < -0.3 is 15.0 Å². The van der Waals surface area contributed by atoms with Crippen LogP contribution < -0.4 is 15.0 Å². The second kappa shape index (κ2) is 6.35. The minimum absolute atomic E-state index is 0.0233. The number of nitrogens with zero attached hydrogens (tertiary/aromatic N) is 1. The van der Waals surface area contributed by atoms with Crippen LogP contribution in [0.2, 0.25) is 0 Å². The van der Waals surface area contributed by atoms with Gasteiger partial charge in [0.25, 0.3) is 5.91 Å². The van der Waals surface area contributed by atoms with Crippen molar-refractivity contribution in [3.8, 4) is 5.75 Å². The fraction of sp³-hybridized carbons (Fsp3) is 0.263. The molecule has 5 heteroatoms. The number of nitrogens with one attached hydrogen (secondary N) is 1. The van der Waals surface area contributed by atoms with E-state index in [0.717, 1.165) is 16.8 Å². The number of rotatable bonds is 3. The van der Waals surface area contributed by atoms with E-state index in [1.807, 2.05) is 50.2 Å². The maximum absolute atomic E-state index is 12.4. The summed E-state index contributed by atoms with van der Waals surface area (Å²) in [7, 11) is 1.69. The summed E-state index contributed by atoms with van der Waals surface area (Å²) in [5.74, 6) is 0.152. The first-order valence-electron chi connectivity index (χ1n) is 7.85. The van der Waals surface area contributed by atoms with Crippen molar-refractivity contribution >= 4 is 23.2 Å². The molecule has 1 unspecified atom stereocenters. The van der Waals surface area contributed by atoms with E-state index in [4.69, 9.17) is 4.74 Å². The molecule has 1 heterocycles. The van der Waals surface area contributed by atoms with Crippen LogP contribution in [0.4, 0.5) is 11.4 Å². The lowest BCUT2D eigenvalue weighted by Gasteiger charge is -2.31. The van der Waals surface area contributed by atoms with Gasteiger partial charge in [0.15, 0.2) is 6.10 Å². The molecular weight excluding hydrogens is 304 g/mol. The molecule has 3 rings (SSSR count). The number of amides is 2. The van der Waals surface area contributed by atoms with E-state index in [2.05, 4.69) is 5.32 Å². The highest BCUT2D eigenvalue weighted by Gasteiger charge is 2.33. The molecule has 0 aromatic heterocycles. The predicted molar refractivity (Wildman–Crippen MR) is 93.4 cm³/mol. The first-order chi connectivity index (χ1) is 11.4. The molecule has 2 aromatic carbocycles. The van der Waals surface area contributed by atoms with E-state index in [1.54, 1.807) is 13.1 Å². The van der Waals surface area contributed by atoms with Crippen molar-refractivity contribution in [2.24, 2.45) is 0 Å². The fourth-order valence-electron chi connectivity index (χ4n) is 2.93. The SMILES string of the molecule is Cc1cc(C)cc(NC(=O)CC2Oc3ccccc3N(C)C2=O)c1. The number of para-hydroxylation sites is 2. The molecule has 0 saturated heterocycles. The molecular formula is C19H20N2O3. The third-order valence-corrected chi connectivity index (χ3v) is 3.98. The van der Waals surface area contributed by atoms with Crippen molar-refractivity contribution in [1.82, 2.24) is 0 Å². The number of ether oxygens (including phenoxy) is 1. The van der Waals surface area contributed by atoms with E-state index < -0.39 is 6.10 Å². The van der Waals surface area contributed by atoms with E-state index in [-0.39, 0.29) is 18.2 Å². The molecule has 124 valence electrons. The lowest BCUT2D eigenvalue weighted by Crippen LogP contribution is -2.45. The summed E-state index contributed by atoms with van der Waals surface area (Å²) in [6, 6.07) is 13.1. The Hall–Kier alpha value is -2.82. The van der Waals surface area contributed by atoms with Crippen LogP contribution in [0.3, 0.4) is 0 Å². The van der Waals surface area contributed by atoms with Gasteiger partial charge in [0.1, 0.15) is 5.75 Å². The van der Waals surface area contributed by atoms with Crippen molar-refractivity contribution in [1.29, 1.82) is 0 Å². The van der Waals surface area contributed by atoms with Gasteiger partial charge in [-0.1, -0.05) is 18.2 Å². The summed E-state index contributed by atoms with van der Waals surface area (Å²) in [5, 5.41) is 2.84. The highest BCUT2D eigenvalue weighted by molar-refractivity contribution is 6.03. The second-order valence-corrected chi connectivity index (χ2v) is 6.10. The Kier molecular flexibility index (Phi) is 4.25. The van der Waals surface area contributed by atoms with Crippen LogP contribution in [0.5, 0.6) is 5.75 Å². The minimum Gasteiger partial charge on any atom is -0.478 e.